The number of aromatic nitrogens is 2. The van der Waals surface area contributed by atoms with Crippen molar-refractivity contribution in [2.24, 2.45) is 13.0 Å². The summed E-state index contributed by atoms with van der Waals surface area (Å²) in [5.74, 6) is 0.148. The highest BCUT2D eigenvalue weighted by Gasteiger charge is 2.23. The van der Waals surface area contributed by atoms with Crippen LogP contribution in [0.25, 0.3) is 0 Å². The van der Waals surface area contributed by atoms with Crippen LogP contribution in [0.1, 0.15) is 42.8 Å². The Balaban J connectivity index is 1.98. The highest BCUT2D eigenvalue weighted by atomic mass is 16.3. The molecule has 0 spiro atoms. The maximum Gasteiger partial charge on any atom is 0.315 e. The average molecular weight is 306 g/mol. The van der Waals surface area contributed by atoms with E-state index in [9.17, 15) is 4.79 Å². The molecule has 0 saturated heterocycles. The number of amides is 2. The van der Waals surface area contributed by atoms with Gasteiger partial charge in [0.1, 0.15) is 0 Å². The summed E-state index contributed by atoms with van der Waals surface area (Å²) >= 11 is 0. The number of aliphatic hydroxyl groups excluding tert-OH is 1. The summed E-state index contributed by atoms with van der Waals surface area (Å²) < 4.78 is 1.85. The molecule has 0 bridgehead atoms. The lowest BCUT2D eigenvalue weighted by Gasteiger charge is -2.20. The lowest BCUT2D eigenvalue weighted by Crippen LogP contribution is -2.42. The first-order chi connectivity index (χ1) is 10.5. The Hall–Kier alpha value is -1.82. The van der Waals surface area contributed by atoms with Gasteiger partial charge in [0.25, 0.3) is 0 Å². The van der Waals surface area contributed by atoms with E-state index in [0.29, 0.717) is 0 Å². The molecule has 0 radical (unpaired) electrons. The molecule has 1 aliphatic carbocycles. The first kappa shape index (κ1) is 16.5. The molecule has 3 N–H and O–H groups in total. The summed E-state index contributed by atoms with van der Waals surface area (Å²) in [6, 6.07) is -0.235. The fraction of sp³-hybridized carbons (Fsp3) is 0.625. The Morgan fingerprint density at radius 2 is 2.23 bits per heavy atom. The normalized spacial score (nSPS) is 21.9. The number of aliphatic hydroxyl groups is 1. The third-order valence-corrected chi connectivity index (χ3v) is 4.35. The van der Waals surface area contributed by atoms with Gasteiger partial charge in [-0.25, -0.2) is 4.79 Å². The third-order valence-electron chi connectivity index (χ3n) is 4.35. The summed E-state index contributed by atoms with van der Waals surface area (Å²) in [4.78, 5) is 12.2. The molecule has 0 saturated carbocycles. The first-order valence-corrected chi connectivity index (χ1v) is 7.82. The topological polar surface area (TPSA) is 79.2 Å². The van der Waals surface area contributed by atoms with Crippen molar-refractivity contribution in [2.45, 2.75) is 45.7 Å². The minimum Gasteiger partial charge on any atom is -0.396 e. The van der Waals surface area contributed by atoms with Crippen molar-refractivity contribution in [1.82, 2.24) is 20.4 Å². The molecule has 2 amide bonds. The monoisotopic (exact) mass is 306 g/mol. The average Bonchev–Trinajstić information content (AvgIpc) is 3.02. The second-order valence-corrected chi connectivity index (χ2v) is 5.96. The van der Waals surface area contributed by atoms with E-state index in [2.05, 4.69) is 15.7 Å². The maximum absolute atomic E-state index is 12.2. The molecule has 0 aliphatic heterocycles. The molecule has 6 heteroatoms. The predicted molar refractivity (Wildman–Crippen MR) is 85.5 cm³/mol. The van der Waals surface area contributed by atoms with Crippen molar-refractivity contribution in [2.75, 3.05) is 6.61 Å². The van der Waals surface area contributed by atoms with E-state index in [1.165, 1.54) is 0 Å². The molecule has 0 aromatic carbocycles. The maximum atomic E-state index is 12.2. The largest absolute Gasteiger partial charge is 0.396 e. The number of carbonyl (C=O) groups is 1. The smallest absolute Gasteiger partial charge is 0.315 e. The number of rotatable bonds is 5. The van der Waals surface area contributed by atoms with Crippen LogP contribution in [0.2, 0.25) is 0 Å². The van der Waals surface area contributed by atoms with Crippen molar-refractivity contribution in [3.63, 3.8) is 0 Å². The molecule has 2 rings (SSSR count). The van der Waals surface area contributed by atoms with Gasteiger partial charge in [-0.05, 0) is 26.7 Å². The first-order valence-electron chi connectivity index (χ1n) is 7.82. The Labute approximate surface area is 131 Å². The van der Waals surface area contributed by atoms with Gasteiger partial charge in [-0.2, -0.15) is 5.10 Å². The summed E-state index contributed by atoms with van der Waals surface area (Å²) in [5, 5.41) is 19.5. The van der Waals surface area contributed by atoms with Crippen LogP contribution in [0, 0.1) is 19.8 Å². The minimum absolute atomic E-state index is 0.00857. The van der Waals surface area contributed by atoms with Gasteiger partial charge < -0.3 is 15.7 Å². The van der Waals surface area contributed by atoms with Crippen LogP contribution in [-0.2, 0) is 7.05 Å². The van der Waals surface area contributed by atoms with Crippen LogP contribution in [0.15, 0.2) is 12.2 Å². The van der Waals surface area contributed by atoms with E-state index in [-0.39, 0.29) is 30.6 Å². The second-order valence-electron chi connectivity index (χ2n) is 5.96. The van der Waals surface area contributed by atoms with Crippen LogP contribution in [-0.4, -0.2) is 33.6 Å². The quantitative estimate of drug-likeness (QED) is 0.725. The van der Waals surface area contributed by atoms with Gasteiger partial charge in [-0.1, -0.05) is 19.1 Å². The minimum atomic E-state index is -0.178. The van der Waals surface area contributed by atoms with Crippen molar-refractivity contribution < 1.29 is 9.90 Å². The third kappa shape index (κ3) is 3.50. The number of nitrogens with zero attached hydrogens (tertiary/aromatic N) is 2. The second kappa shape index (κ2) is 6.96. The molecule has 122 valence electrons. The summed E-state index contributed by atoms with van der Waals surface area (Å²) in [6.07, 6.45) is 5.46. The summed E-state index contributed by atoms with van der Waals surface area (Å²) in [5.41, 5.74) is 3.12. The fourth-order valence-corrected chi connectivity index (χ4v) is 3.06. The zero-order chi connectivity index (χ0) is 16.3. The molecular formula is C16H26N4O2. The number of hydrogen-bond donors (Lipinski definition) is 3. The molecule has 1 aliphatic rings. The van der Waals surface area contributed by atoms with Gasteiger partial charge in [0.15, 0.2) is 0 Å². The molecule has 1 unspecified atom stereocenters. The summed E-state index contributed by atoms with van der Waals surface area (Å²) in [7, 11) is 1.91. The van der Waals surface area contributed by atoms with E-state index in [1.807, 2.05) is 44.7 Å². The molecule has 22 heavy (non-hydrogen) atoms. The number of carbonyl (C=O) groups excluding carboxylic acids is 1. The lowest BCUT2D eigenvalue weighted by atomic mass is 10.0. The number of nitrogens with one attached hydrogen (secondary N) is 2. The molecular weight excluding hydrogens is 280 g/mol. The zero-order valence-corrected chi connectivity index (χ0v) is 13.8. The highest BCUT2D eigenvalue weighted by molar-refractivity contribution is 5.75. The van der Waals surface area contributed by atoms with E-state index < -0.39 is 0 Å². The molecule has 1 aromatic rings. The Bertz CT molecular complexity index is 565. The Morgan fingerprint density at radius 1 is 1.50 bits per heavy atom. The highest BCUT2D eigenvalue weighted by Crippen LogP contribution is 2.24. The van der Waals surface area contributed by atoms with Crippen LogP contribution in [0.3, 0.4) is 0 Å². The van der Waals surface area contributed by atoms with Gasteiger partial charge in [-0.15, -0.1) is 0 Å². The summed E-state index contributed by atoms with van der Waals surface area (Å²) in [6.45, 7) is 6.16. The van der Waals surface area contributed by atoms with E-state index in [1.54, 1.807) is 0 Å². The van der Waals surface area contributed by atoms with Crippen molar-refractivity contribution in [3.8, 4) is 0 Å². The number of aryl methyl sites for hydroxylation is 2. The van der Waals surface area contributed by atoms with Crippen LogP contribution in [0.4, 0.5) is 4.79 Å². The van der Waals surface area contributed by atoms with Crippen LogP contribution >= 0.6 is 0 Å². The van der Waals surface area contributed by atoms with E-state index in [0.717, 1.165) is 29.8 Å². The number of urea groups is 1. The van der Waals surface area contributed by atoms with E-state index >= 15 is 0 Å². The zero-order valence-electron chi connectivity index (χ0n) is 13.8. The Kier molecular flexibility index (Phi) is 5.24. The van der Waals surface area contributed by atoms with Gasteiger partial charge in [0, 0.05) is 36.9 Å². The SMILES string of the molecule is CCC(NC(=O)N[C@@H]1C=C[C@H](CO)C1)c1c(C)nn(C)c1C. The van der Waals surface area contributed by atoms with E-state index in [4.69, 9.17) is 5.11 Å². The molecule has 1 heterocycles. The Morgan fingerprint density at radius 3 is 2.73 bits per heavy atom. The van der Waals surface area contributed by atoms with Gasteiger partial charge in [0.05, 0.1) is 11.7 Å². The fourth-order valence-electron chi connectivity index (χ4n) is 3.06. The standard InChI is InChI=1S/C16H26N4O2/c1-5-14(15-10(2)19-20(4)11(15)3)18-16(22)17-13-7-6-12(8-13)9-21/h6-7,12-14,21H,5,8-9H2,1-4H3,(H2,17,18,22)/t12-,13+,14?/m0/s1. The van der Waals surface area contributed by atoms with Gasteiger partial charge in [0.2, 0.25) is 0 Å². The van der Waals surface area contributed by atoms with Gasteiger partial charge in [-0.3, -0.25) is 4.68 Å². The van der Waals surface area contributed by atoms with Crippen LogP contribution in [0.5, 0.6) is 0 Å². The molecule has 3 atom stereocenters. The number of hydrogen-bond acceptors (Lipinski definition) is 3. The van der Waals surface area contributed by atoms with Crippen molar-refractivity contribution >= 4 is 6.03 Å². The molecule has 1 aromatic heterocycles. The molecule has 6 nitrogen and oxygen atoms in total. The van der Waals surface area contributed by atoms with Crippen LogP contribution < -0.4 is 10.6 Å². The van der Waals surface area contributed by atoms with Crippen molar-refractivity contribution in [1.29, 1.82) is 0 Å². The lowest BCUT2D eigenvalue weighted by molar-refractivity contribution is 0.228. The van der Waals surface area contributed by atoms with Gasteiger partial charge >= 0.3 is 6.03 Å². The predicted octanol–water partition coefficient (Wildman–Crippen LogP) is 1.72. The molecule has 0 fully saturated rings. The van der Waals surface area contributed by atoms with Crippen molar-refractivity contribution in [3.05, 3.63) is 29.1 Å².